The van der Waals surface area contributed by atoms with Gasteiger partial charge >= 0.3 is 0 Å². The molecule has 26 heavy (non-hydrogen) atoms. The highest BCUT2D eigenvalue weighted by Gasteiger charge is 2.23. The Kier molecular flexibility index (Phi) is 4.83. The summed E-state index contributed by atoms with van der Waals surface area (Å²) < 4.78 is 0. The minimum atomic E-state index is -0.145. The lowest BCUT2D eigenvalue weighted by molar-refractivity contribution is 0.0932. The number of carbonyl (C=O) groups is 1. The second kappa shape index (κ2) is 7.57. The van der Waals surface area contributed by atoms with Crippen LogP contribution >= 0.6 is 11.3 Å². The van der Waals surface area contributed by atoms with E-state index in [0.717, 1.165) is 36.6 Å². The number of amides is 1. The van der Waals surface area contributed by atoms with Crippen LogP contribution in [0.15, 0.2) is 48.5 Å². The van der Waals surface area contributed by atoms with Crippen molar-refractivity contribution in [1.82, 2.24) is 25.3 Å². The first-order valence-corrected chi connectivity index (χ1v) is 9.35. The van der Waals surface area contributed by atoms with E-state index in [2.05, 4.69) is 30.2 Å². The van der Waals surface area contributed by atoms with Crippen molar-refractivity contribution >= 4 is 23.1 Å². The molecule has 7 nitrogen and oxygen atoms in total. The summed E-state index contributed by atoms with van der Waals surface area (Å²) in [6.45, 7) is 1.64. The summed E-state index contributed by atoms with van der Waals surface area (Å²) in [5, 5.41) is 5.06. The molecule has 1 N–H and O–H groups in total. The molecule has 3 aromatic heterocycles. The molecule has 1 fully saturated rings. The molecule has 132 valence electrons. The number of piperidine rings is 1. The number of aromatic nitrogens is 4. The van der Waals surface area contributed by atoms with Gasteiger partial charge in [0.2, 0.25) is 0 Å². The highest BCUT2D eigenvalue weighted by atomic mass is 32.1. The van der Waals surface area contributed by atoms with Crippen molar-refractivity contribution in [2.45, 2.75) is 18.9 Å². The van der Waals surface area contributed by atoms with Gasteiger partial charge in [0.25, 0.3) is 5.91 Å². The van der Waals surface area contributed by atoms with Crippen molar-refractivity contribution in [1.29, 1.82) is 0 Å². The smallest absolute Gasteiger partial charge is 0.254 e. The Balaban J connectivity index is 1.39. The summed E-state index contributed by atoms with van der Waals surface area (Å²) in [5.41, 5.74) is 0.474. The third-order valence-electron chi connectivity index (χ3n) is 4.29. The molecule has 1 aliphatic rings. The zero-order valence-electron chi connectivity index (χ0n) is 14.1. The van der Waals surface area contributed by atoms with Crippen LogP contribution in [0.3, 0.4) is 0 Å². The van der Waals surface area contributed by atoms with Crippen LogP contribution in [0, 0.1) is 0 Å². The number of anilines is 1. The molecule has 0 saturated carbocycles. The van der Waals surface area contributed by atoms with Crippen LogP contribution in [-0.2, 0) is 0 Å². The van der Waals surface area contributed by atoms with Gasteiger partial charge in [-0.1, -0.05) is 6.07 Å². The summed E-state index contributed by atoms with van der Waals surface area (Å²) >= 11 is 1.57. The number of nitrogens with one attached hydrogen (secondary N) is 1. The Bertz CT molecular complexity index is 853. The van der Waals surface area contributed by atoms with Gasteiger partial charge in [-0.3, -0.25) is 9.78 Å². The lowest BCUT2D eigenvalue weighted by Gasteiger charge is -2.33. The monoisotopic (exact) mass is 366 g/mol. The summed E-state index contributed by atoms with van der Waals surface area (Å²) in [5.74, 6) is 1.34. The van der Waals surface area contributed by atoms with Crippen molar-refractivity contribution < 1.29 is 4.79 Å². The molecule has 4 rings (SSSR count). The van der Waals surface area contributed by atoms with Crippen molar-refractivity contribution in [3.8, 4) is 10.7 Å². The average molecular weight is 366 g/mol. The van der Waals surface area contributed by atoms with E-state index in [1.54, 1.807) is 42.3 Å². The van der Waals surface area contributed by atoms with E-state index in [4.69, 9.17) is 0 Å². The van der Waals surface area contributed by atoms with Gasteiger partial charge in [0.1, 0.15) is 5.82 Å². The number of hydrogen-bond donors (Lipinski definition) is 1. The van der Waals surface area contributed by atoms with Gasteiger partial charge in [-0.25, -0.2) is 15.0 Å². The van der Waals surface area contributed by atoms with E-state index in [9.17, 15) is 4.79 Å². The molecular formula is C18H18N6OS. The van der Waals surface area contributed by atoms with Crippen molar-refractivity contribution in [3.63, 3.8) is 0 Å². The summed E-state index contributed by atoms with van der Waals surface area (Å²) in [6, 6.07) is 3.98. The Labute approximate surface area is 155 Å². The molecule has 1 atom stereocenters. The highest BCUT2D eigenvalue weighted by molar-refractivity contribution is 7.13. The topological polar surface area (TPSA) is 83.9 Å². The summed E-state index contributed by atoms with van der Waals surface area (Å²) in [7, 11) is 0. The first kappa shape index (κ1) is 16.6. The quantitative estimate of drug-likeness (QED) is 0.763. The molecule has 0 aliphatic carbocycles. The molecule has 3 aromatic rings. The van der Waals surface area contributed by atoms with Crippen LogP contribution in [0.1, 0.15) is 23.2 Å². The highest BCUT2D eigenvalue weighted by Crippen LogP contribution is 2.20. The number of thiophene rings is 1. The molecule has 0 unspecified atom stereocenters. The zero-order chi connectivity index (χ0) is 17.8. The molecule has 0 radical (unpaired) electrons. The van der Waals surface area contributed by atoms with Crippen LogP contribution < -0.4 is 10.2 Å². The van der Waals surface area contributed by atoms with Crippen molar-refractivity contribution in [2.24, 2.45) is 0 Å². The Morgan fingerprint density at radius 2 is 2.08 bits per heavy atom. The molecule has 8 heteroatoms. The van der Waals surface area contributed by atoms with Crippen molar-refractivity contribution in [3.05, 3.63) is 54.1 Å². The van der Waals surface area contributed by atoms with Gasteiger partial charge in [0.05, 0.1) is 16.6 Å². The van der Waals surface area contributed by atoms with Crippen LogP contribution in [0.4, 0.5) is 5.82 Å². The molecule has 1 aliphatic heterocycles. The van der Waals surface area contributed by atoms with Gasteiger partial charge < -0.3 is 10.2 Å². The van der Waals surface area contributed by atoms with Crippen LogP contribution in [0.5, 0.6) is 0 Å². The Morgan fingerprint density at radius 3 is 2.81 bits per heavy atom. The number of nitrogens with zero attached hydrogens (tertiary/aromatic N) is 5. The van der Waals surface area contributed by atoms with Gasteiger partial charge in [-0.2, -0.15) is 0 Å². The molecule has 0 spiro atoms. The largest absolute Gasteiger partial charge is 0.353 e. The van der Waals surface area contributed by atoms with Gasteiger partial charge in [-0.15, -0.1) is 11.3 Å². The fraction of sp³-hybridized carbons (Fsp3) is 0.278. The summed E-state index contributed by atoms with van der Waals surface area (Å²) in [4.78, 5) is 32.7. The fourth-order valence-electron chi connectivity index (χ4n) is 3.00. The van der Waals surface area contributed by atoms with Crippen LogP contribution in [-0.4, -0.2) is 45.0 Å². The van der Waals surface area contributed by atoms with Crippen LogP contribution in [0.2, 0.25) is 0 Å². The second-order valence-corrected chi connectivity index (χ2v) is 7.04. The maximum absolute atomic E-state index is 12.5. The molecular weight excluding hydrogens is 348 g/mol. The standard InChI is InChI=1S/C18H18N6OS/c25-18(13-9-21-17(22-10-13)15-4-2-8-26-15)23-14-3-1-7-24(12-14)16-11-19-5-6-20-16/h2,4-6,8-11,14H,1,3,7,12H2,(H,23,25)/t14-/m0/s1. The van der Waals surface area contributed by atoms with Gasteiger partial charge in [-0.05, 0) is 24.3 Å². The lowest BCUT2D eigenvalue weighted by Crippen LogP contribution is -2.48. The third-order valence-corrected chi connectivity index (χ3v) is 5.15. The second-order valence-electron chi connectivity index (χ2n) is 6.09. The number of carbonyl (C=O) groups excluding carboxylic acids is 1. The van der Waals surface area contributed by atoms with Gasteiger partial charge in [0, 0.05) is 43.9 Å². The van der Waals surface area contributed by atoms with E-state index in [1.807, 2.05) is 17.5 Å². The van der Waals surface area contributed by atoms with E-state index in [1.165, 1.54) is 0 Å². The van der Waals surface area contributed by atoms with Crippen molar-refractivity contribution in [2.75, 3.05) is 18.0 Å². The minimum absolute atomic E-state index is 0.0650. The molecule has 1 saturated heterocycles. The molecule has 0 aromatic carbocycles. The lowest BCUT2D eigenvalue weighted by atomic mass is 10.1. The Morgan fingerprint density at radius 1 is 1.19 bits per heavy atom. The first-order chi connectivity index (χ1) is 12.8. The zero-order valence-corrected chi connectivity index (χ0v) is 14.9. The van der Waals surface area contributed by atoms with E-state index < -0.39 is 0 Å². The van der Waals surface area contributed by atoms with E-state index >= 15 is 0 Å². The Hall–Kier alpha value is -2.87. The van der Waals surface area contributed by atoms with Crippen LogP contribution in [0.25, 0.3) is 10.7 Å². The number of hydrogen-bond acceptors (Lipinski definition) is 7. The molecule has 0 bridgehead atoms. The normalized spacial score (nSPS) is 17.1. The number of rotatable bonds is 4. The van der Waals surface area contributed by atoms with E-state index in [0.29, 0.717) is 11.4 Å². The predicted octanol–water partition coefficient (Wildman–Crippen LogP) is 2.39. The summed E-state index contributed by atoms with van der Waals surface area (Å²) in [6.07, 6.45) is 10.2. The molecule has 1 amide bonds. The first-order valence-electron chi connectivity index (χ1n) is 8.47. The predicted molar refractivity (Wildman–Crippen MR) is 100 cm³/mol. The SMILES string of the molecule is O=C(N[C@H]1CCCN(c2cnccn2)C1)c1cnc(-c2cccs2)nc1. The van der Waals surface area contributed by atoms with Gasteiger partial charge in [0.15, 0.2) is 5.82 Å². The maximum atomic E-state index is 12.5. The molecule has 4 heterocycles. The maximum Gasteiger partial charge on any atom is 0.254 e. The third kappa shape index (κ3) is 3.70. The van der Waals surface area contributed by atoms with E-state index in [-0.39, 0.29) is 11.9 Å². The average Bonchev–Trinajstić information content (AvgIpc) is 3.24. The fourth-order valence-corrected chi connectivity index (χ4v) is 3.68. The minimum Gasteiger partial charge on any atom is -0.353 e.